The van der Waals surface area contributed by atoms with E-state index >= 15 is 0 Å². The fourth-order valence-electron chi connectivity index (χ4n) is 1.95. The molecule has 3 N–H and O–H groups in total. The predicted octanol–water partition coefficient (Wildman–Crippen LogP) is 2.49. The van der Waals surface area contributed by atoms with E-state index in [1.54, 1.807) is 25.2 Å². The van der Waals surface area contributed by atoms with Crippen molar-refractivity contribution in [3.05, 3.63) is 29.8 Å². The number of halogens is 3. The molecule has 0 aromatic heterocycles. The summed E-state index contributed by atoms with van der Waals surface area (Å²) in [5.41, 5.74) is 0.582. The van der Waals surface area contributed by atoms with Crippen molar-refractivity contribution in [3.8, 4) is 5.75 Å². The Bertz CT molecular complexity index is 557. The van der Waals surface area contributed by atoms with Crippen molar-refractivity contribution in [2.45, 2.75) is 39.5 Å². The molecule has 0 unspecified atom stereocenters. The average Bonchev–Trinajstić information content (AvgIpc) is 2.50. The number of ether oxygens (including phenoxy) is 1. The molecule has 0 atom stereocenters. The number of nitrogens with one attached hydrogen (secondary N) is 3. The lowest BCUT2D eigenvalue weighted by atomic mass is 10.2. The Morgan fingerprint density at radius 3 is 2.52 bits per heavy atom. The summed E-state index contributed by atoms with van der Waals surface area (Å²) in [6.45, 7) is 1.59. The summed E-state index contributed by atoms with van der Waals surface area (Å²) in [6, 6.07) is 6.63. The lowest BCUT2D eigenvalue weighted by Gasteiger charge is -2.14. The van der Waals surface area contributed by atoms with Gasteiger partial charge in [0.2, 0.25) is 5.91 Å². The Morgan fingerprint density at radius 1 is 1.24 bits per heavy atom. The molecule has 0 heterocycles. The Kier molecular flexibility index (Phi) is 11.8. The number of benzene rings is 1. The number of guanidine groups is 1. The molecular weight excluding hydrogens is 445 g/mol. The van der Waals surface area contributed by atoms with Gasteiger partial charge in [0.25, 0.3) is 0 Å². The third-order valence-electron chi connectivity index (χ3n) is 2.95. The molecular formula is C16H25F2IN4O2. The van der Waals surface area contributed by atoms with Gasteiger partial charge in [0.15, 0.2) is 5.96 Å². The van der Waals surface area contributed by atoms with Crippen LogP contribution in [0.4, 0.5) is 8.78 Å². The van der Waals surface area contributed by atoms with Crippen molar-refractivity contribution in [3.63, 3.8) is 0 Å². The number of nitrogens with zero attached hydrogens (tertiary/aromatic N) is 1. The number of rotatable bonds is 8. The first-order valence-corrected chi connectivity index (χ1v) is 7.69. The summed E-state index contributed by atoms with van der Waals surface area (Å²) in [6.07, 6.45) is 0.309. The van der Waals surface area contributed by atoms with Gasteiger partial charge in [0.05, 0.1) is 0 Å². The van der Waals surface area contributed by atoms with Gasteiger partial charge in [-0.15, -0.1) is 24.0 Å². The van der Waals surface area contributed by atoms with E-state index < -0.39 is 6.61 Å². The van der Waals surface area contributed by atoms with Crippen molar-refractivity contribution in [1.29, 1.82) is 0 Å². The van der Waals surface area contributed by atoms with Crippen LogP contribution in [0.5, 0.6) is 5.75 Å². The highest BCUT2D eigenvalue weighted by atomic mass is 127. The average molecular weight is 470 g/mol. The number of carbonyl (C=O) groups excluding carboxylic acids is 1. The van der Waals surface area contributed by atoms with Crippen LogP contribution in [-0.4, -0.2) is 38.1 Å². The number of alkyl halides is 2. The summed E-state index contributed by atoms with van der Waals surface area (Å²) in [4.78, 5) is 15.6. The molecule has 0 radical (unpaired) electrons. The number of hydrogen-bond donors (Lipinski definition) is 3. The summed E-state index contributed by atoms with van der Waals surface area (Å²) in [5, 5.41) is 8.78. The molecule has 0 spiro atoms. The molecule has 0 aliphatic heterocycles. The molecule has 1 aromatic carbocycles. The van der Waals surface area contributed by atoms with Crippen LogP contribution in [0, 0.1) is 0 Å². The van der Waals surface area contributed by atoms with Gasteiger partial charge < -0.3 is 20.7 Å². The number of aliphatic imine (C=N–C) groups is 1. The molecule has 1 rings (SSSR count). The number of carbonyl (C=O) groups is 1. The van der Waals surface area contributed by atoms with E-state index in [-0.39, 0.29) is 48.2 Å². The Labute approximate surface area is 163 Å². The van der Waals surface area contributed by atoms with Gasteiger partial charge >= 0.3 is 6.61 Å². The monoisotopic (exact) mass is 470 g/mol. The second-order valence-corrected chi connectivity index (χ2v) is 5.31. The van der Waals surface area contributed by atoms with Crippen LogP contribution >= 0.6 is 24.0 Å². The second-order valence-electron chi connectivity index (χ2n) is 5.31. The Hall–Kier alpha value is -1.65. The third-order valence-corrected chi connectivity index (χ3v) is 2.95. The molecule has 142 valence electrons. The van der Waals surface area contributed by atoms with Gasteiger partial charge in [0, 0.05) is 38.2 Å². The van der Waals surface area contributed by atoms with E-state index in [0.717, 1.165) is 0 Å². The molecule has 0 aliphatic carbocycles. The smallest absolute Gasteiger partial charge is 0.387 e. The van der Waals surface area contributed by atoms with Gasteiger partial charge in [-0.05, 0) is 19.9 Å². The fraction of sp³-hybridized carbons (Fsp3) is 0.500. The molecule has 25 heavy (non-hydrogen) atoms. The molecule has 1 amide bonds. The van der Waals surface area contributed by atoms with E-state index in [9.17, 15) is 13.6 Å². The summed E-state index contributed by atoms with van der Waals surface area (Å²) < 4.78 is 29.2. The number of hydrogen-bond acceptors (Lipinski definition) is 3. The van der Waals surface area contributed by atoms with E-state index in [0.29, 0.717) is 24.5 Å². The maximum absolute atomic E-state index is 12.4. The molecule has 0 saturated carbocycles. The van der Waals surface area contributed by atoms with Gasteiger partial charge in [-0.25, -0.2) is 0 Å². The normalized spacial score (nSPS) is 11.1. The van der Waals surface area contributed by atoms with Crippen molar-refractivity contribution >= 4 is 35.8 Å². The highest BCUT2D eigenvalue weighted by Gasteiger charge is 2.09. The number of para-hydroxylation sites is 1. The minimum atomic E-state index is -2.87. The largest absolute Gasteiger partial charge is 0.434 e. The lowest BCUT2D eigenvalue weighted by Crippen LogP contribution is -2.39. The van der Waals surface area contributed by atoms with Crippen LogP contribution in [0.2, 0.25) is 0 Å². The van der Waals surface area contributed by atoms with Crippen LogP contribution in [0.1, 0.15) is 25.8 Å². The highest BCUT2D eigenvalue weighted by molar-refractivity contribution is 14.0. The fourth-order valence-corrected chi connectivity index (χ4v) is 1.95. The van der Waals surface area contributed by atoms with Crippen LogP contribution < -0.4 is 20.7 Å². The predicted molar refractivity (Wildman–Crippen MR) is 105 cm³/mol. The molecule has 0 fully saturated rings. The molecule has 6 nitrogen and oxygen atoms in total. The zero-order valence-corrected chi connectivity index (χ0v) is 16.8. The van der Waals surface area contributed by atoms with Crippen LogP contribution in [0.25, 0.3) is 0 Å². The SMILES string of the molecule is CN=C(NCCC(=O)NC(C)C)NCc1ccccc1OC(F)F.I. The topological polar surface area (TPSA) is 74.8 Å². The quantitative estimate of drug-likeness (QED) is 0.310. The third kappa shape index (κ3) is 10.0. The Morgan fingerprint density at radius 2 is 1.92 bits per heavy atom. The maximum atomic E-state index is 12.4. The van der Waals surface area contributed by atoms with Crippen molar-refractivity contribution in [1.82, 2.24) is 16.0 Å². The van der Waals surface area contributed by atoms with Crippen LogP contribution in [0.3, 0.4) is 0 Å². The Balaban J connectivity index is 0.00000576. The van der Waals surface area contributed by atoms with Crippen molar-refractivity contribution < 1.29 is 18.3 Å². The second kappa shape index (κ2) is 12.7. The van der Waals surface area contributed by atoms with Crippen molar-refractivity contribution in [2.24, 2.45) is 4.99 Å². The first-order chi connectivity index (χ1) is 11.4. The van der Waals surface area contributed by atoms with Crippen LogP contribution in [0.15, 0.2) is 29.3 Å². The molecule has 0 saturated heterocycles. The summed E-state index contributed by atoms with van der Waals surface area (Å²) in [5.74, 6) is 0.537. The highest BCUT2D eigenvalue weighted by Crippen LogP contribution is 2.19. The zero-order chi connectivity index (χ0) is 17.9. The standard InChI is InChI=1S/C16H24F2N4O2.HI/c1-11(2)22-14(23)8-9-20-16(19-3)21-10-12-6-4-5-7-13(12)24-15(17)18;/h4-7,11,15H,8-10H2,1-3H3,(H,22,23)(H2,19,20,21);1H. The van der Waals surface area contributed by atoms with E-state index in [1.165, 1.54) is 6.07 Å². The van der Waals surface area contributed by atoms with E-state index in [1.807, 2.05) is 13.8 Å². The van der Waals surface area contributed by atoms with Crippen molar-refractivity contribution in [2.75, 3.05) is 13.6 Å². The van der Waals surface area contributed by atoms with Gasteiger partial charge in [-0.3, -0.25) is 9.79 Å². The minimum Gasteiger partial charge on any atom is -0.434 e. The summed E-state index contributed by atoms with van der Waals surface area (Å²) >= 11 is 0. The molecule has 0 aliphatic rings. The molecule has 1 aromatic rings. The van der Waals surface area contributed by atoms with E-state index in [2.05, 4.69) is 25.7 Å². The first-order valence-electron chi connectivity index (χ1n) is 7.69. The molecule has 9 heteroatoms. The summed E-state index contributed by atoms with van der Waals surface area (Å²) in [7, 11) is 1.59. The minimum absolute atomic E-state index is 0. The van der Waals surface area contributed by atoms with Gasteiger partial charge in [-0.2, -0.15) is 8.78 Å². The van der Waals surface area contributed by atoms with Gasteiger partial charge in [-0.1, -0.05) is 18.2 Å². The van der Waals surface area contributed by atoms with E-state index in [4.69, 9.17) is 0 Å². The first kappa shape index (κ1) is 23.4. The number of amides is 1. The maximum Gasteiger partial charge on any atom is 0.387 e. The lowest BCUT2D eigenvalue weighted by molar-refractivity contribution is -0.121. The van der Waals surface area contributed by atoms with Crippen LogP contribution in [-0.2, 0) is 11.3 Å². The zero-order valence-electron chi connectivity index (χ0n) is 14.5. The molecule has 0 bridgehead atoms. The van der Waals surface area contributed by atoms with Gasteiger partial charge in [0.1, 0.15) is 5.75 Å².